The summed E-state index contributed by atoms with van der Waals surface area (Å²) in [5.74, 6) is 0. The molecule has 1 aliphatic rings. The lowest BCUT2D eigenvalue weighted by atomic mass is 10.1. The average molecular weight is 277 g/mol. The zero-order valence-corrected chi connectivity index (χ0v) is 11.7. The van der Waals surface area contributed by atoms with E-state index in [1.807, 2.05) is 0 Å². The highest BCUT2D eigenvalue weighted by atomic mass is 32.1. The van der Waals surface area contributed by atoms with Crippen LogP contribution >= 0.6 is 11.3 Å². The van der Waals surface area contributed by atoms with Crippen molar-refractivity contribution in [3.8, 4) is 0 Å². The number of morpholine rings is 1. The number of rotatable bonds is 4. The van der Waals surface area contributed by atoms with Crippen molar-refractivity contribution in [2.75, 3.05) is 32.8 Å². The van der Waals surface area contributed by atoms with E-state index in [0.717, 1.165) is 26.3 Å². The van der Waals surface area contributed by atoms with Crippen LogP contribution in [0.2, 0.25) is 0 Å². The molecule has 1 aliphatic heterocycles. The van der Waals surface area contributed by atoms with Gasteiger partial charge in [0.25, 0.3) is 0 Å². The van der Waals surface area contributed by atoms with Crippen molar-refractivity contribution in [1.29, 1.82) is 0 Å². The van der Waals surface area contributed by atoms with Gasteiger partial charge in [-0.05, 0) is 22.4 Å². The average Bonchev–Trinajstić information content (AvgIpc) is 2.90. The highest BCUT2D eigenvalue weighted by Gasteiger charge is 2.18. The smallest absolute Gasteiger partial charge is 0.0608 e. The van der Waals surface area contributed by atoms with Crippen molar-refractivity contribution in [3.63, 3.8) is 0 Å². The molecule has 0 amide bonds. The first-order valence-electron chi connectivity index (χ1n) is 6.63. The maximum absolute atomic E-state index is 5.96. The molecule has 4 nitrogen and oxygen atoms in total. The van der Waals surface area contributed by atoms with Crippen LogP contribution in [0.5, 0.6) is 0 Å². The Morgan fingerprint density at radius 3 is 2.89 bits per heavy atom. The summed E-state index contributed by atoms with van der Waals surface area (Å²) in [7, 11) is 0. The van der Waals surface area contributed by atoms with Crippen molar-refractivity contribution in [3.05, 3.63) is 35.2 Å². The molecule has 1 fully saturated rings. The van der Waals surface area contributed by atoms with E-state index >= 15 is 0 Å². The summed E-state index contributed by atoms with van der Waals surface area (Å²) >= 11 is 1.78. The van der Waals surface area contributed by atoms with Gasteiger partial charge in [-0.2, -0.15) is 0 Å². The Labute approximate surface area is 117 Å². The van der Waals surface area contributed by atoms with Crippen LogP contribution < -0.4 is 11.2 Å². The first-order chi connectivity index (χ1) is 9.38. The number of nitrogens with one attached hydrogen (secondary N) is 1. The van der Waals surface area contributed by atoms with Crippen LogP contribution in [0.15, 0.2) is 29.6 Å². The third-order valence-electron chi connectivity index (χ3n) is 3.47. The predicted molar refractivity (Wildman–Crippen MR) is 79.1 cm³/mol. The van der Waals surface area contributed by atoms with E-state index in [1.165, 1.54) is 15.6 Å². The standard InChI is InChI=1S/C14H19N3OS/c15-9-13(16-17-5-7-18-8-6-17)12-10-19-14-4-2-1-3-11(12)14/h1-4,10,13,16H,5-9,15H2. The number of hydrazine groups is 1. The van der Waals surface area contributed by atoms with Crippen molar-refractivity contribution in [2.45, 2.75) is 6.04 Å². The van der Waals surface area contributed by atoms with Crippen LogP contribution in [0.1, 0.15) is 11.6 Å². The first-order valence-corrected chi connectivity index (χ1v) is 7.51. The zero-order valence-electron chi connectivity index (χ0n) is 10.8. The topological polar surface area (TPSA) is 50.5 Å². The second-order valence-corrected chi connectivity index (χ2v) is 5.62. The molecule has 1 aromatic carbocycles. The van der Waals surface area contributed by atoms with Crippen LogP contribution in [0.4, 0.5) is 0 Å². The lowest BCUT2D eigenvalue weighted by Crippen LogP contribution is -2.48. The van der Waals surface area contributed by atoms with E-state index in [1.54, 1.807) is 11.3 Å². The predicted octanol–water partition coefficient (Wildman–Crippen LogP) is 1.74. The summed E-state index contributed by atoms with van der Waals surface area (Å²) in [6.07, 6.45) is 0. The van der Waals surface area contributed by atoms with Crippen molar-refractivity contribution in [2.24, 2.45) is 5.73 Å². The summed E-state index contributed by atoms with van der Waals surface area (Å²) in [5.41, 5.74) is 10.8. The Kier molecular flexibility index (Phi) is 4.10. The van der Waals surface area contributed by atoms with E-state index in [0.29, 0.717) is 6.54 Å². The third-order valence-corrected chi connectivity index (χ3v) is 4.45. The molecule has 0 aliphatic carbocycles. The van der Waals surface area contributed by atoms with E-state index in [9.17, 15) is 0 Å². The van der Waals surface area contributed by atoms with Gasteiger partial charge in [0.1, 0.15) is 0 Å². The second kappa shape index (κ2) is 5.98. The molecule has 2 heterocycles. The summed E-state index contributed by atoms with van der Waals surface area (Å²) < 4.78 is 6.68. The van der Waals surface area contributed by atoms with Crippen molar-refractivity contribution >= 4 is 21.4 Å². The fraction of sp³-hybridized carbons (Fsp3) is 0.429. The number of fused-ring (bicyclic) bond motifs is 1. The van der Waals surface area contributed by atoms with Crippen LogP contribution in [0, 0.1) is 0 Å². The second-order valence-electron chi connectivity index (χ2n) is 4.70. The van der Waals surface area contributed by atoms with Gasteiger partial charge in [0.15, 0.2) is 0 Å². The number of nitrogens with zero attached hydrogens (tertiary/aromatic N) is 1. The normalized spacial score (nSPS) is 18.8. The lowest BCUT2D eigenvalue weighted by Gasteiger charge is -2.31. The van der Waals surface area contributed by atoms with Gasteiger partial charge >= 0.3 is 0 Å². The maximum atomic E-state index is 5.96. The molecule has 102 valence electrons. The molecule has 0 spiro atoms. The third kappa shape index (κ3) is 2.80. The van der Waals surface area contributed by atoms with Gasteiger partial charge in [0, 0.05) is 24.3 Å². The minimum Gasteiger partial charge on any atom is -0.379 e. The Bertz CT molecular complexity index is 536. The Morgan fingerprint density at radius 1 is 1.32 bits per heavy atom. The van der Waals surface area contributed by atoms with Gasteiger partial charge in [0.2, 0.25) is 0 Å². The Balaban J connectivity index is 1.81. The van der Waals surface area contributed by atoms with Crippen LogP contribution in [0.3, 0.4) is 0 Å². The highest BCUT2D eigenvalue weighted by Crippen LogP contribution is 2.30. The van der Waals surface area contributed by atoms with E-state index in [2.05, 4.69) is 40.1 Å². The lowest BCUT2D eigenvalue weighted by molar-refractivity contribution is 0.00419. The molecule has 19 heavy (non-hydrogen) atoms. The molecule has 2 aromatic rings. The van der Waals surface area contributed by atoms with Gasteiger partial charge in [-0.1, -0.05) is 18.2 Å². The number of hydrogen-bond donors (Lipinski definition) is 2. The van der Waals surface area contributed by atoms with Crippen molar-refractivity contribution < 1.29 is 4.74 Å². The summed E-state index contributed by atoms with van der Waals surface area (Å²) in [5, 5.41) is 5.74. The van der Waals surface area contributed by atoms with E-state index in [-0.39, 0.29) is 6.04 Å². The summed E-state index contributed by atoms with van der Waals surface area (Å²) in [6.45, 7) is 4.00. The number of ether oxygens (including phenoxy) is 1. The minimum absolute atomic E-state index is 0.175. The van der Waals surface area contributed by atoms with Crippen molar-refractivity contribution in [1.82, 2.24) is 10.4 Å². The molecule has 3 N–H and O–H groups in total. The number of benzene rings is 1. The van der Waals surface area contributed by atoms with E-state index < -0.39 is 0 Å². The monoisotopic (exact) mass is 277 g/mol. The van der Waals surface area contributed by atoms with Gasteiger partial charge in [-0.3, -0.25) is 0 Å². The van der Waals surface area contributed by atoms with Crippen LogP contribution in [-0.4, -0.2) is 37.9 Å². The SMILES string of the molecule is NCC(NN1CCOCC1)c1csc2ccccc12. The largest absolute Gasteiger partial charge is 0.379 e. The molecular formula is C14H19N3OS. The molecule has 1 saturated heterocycles. The Morgan fingerprint density at radius 2 is 2.11 bits per heavy atom. The van der Waals surface area contributed by atoms with Crippen LogP contribution in [-0.2, 0) is 4.74 Å². The molecule has 0 radical (unpaired) electrons. The minimum atomic E-state index is 0.175. The summed E-state index contributed by atoms with van der Waals surface area (Å²) in [6, 6.07) is 8.67. The van der Waals surface area contributed by atoms with Gasteiger partial charge in [-0.15, -0.1) is 11.3 Å². The maximum Gasteiger partial charge on any atom is 0.0608 e. The highest BCUT2D eigenvalue weighted by molar-refractivity contribution is 7.17. The van der Waals surface area contributed by atoms with Gasteiger partial charge in [0.05, 0.1) is 19.3 Å². The molecule has 1 aromatic heterocycles. The van der Waals surface area contributed by atoms with Gasteiger partial charge in [-0.25, -0.2) is 10.4 Å². The Hall–Kier alpha value is -0.980. The van der Waals surface area contributed by atoms with Crippen LogP contribution in [0.25, 0.3) is 10.1 Å². The number of nitrogens with two attached hydrogens (primary N) is 1. The first kappa shape index (κ1) is 13.0. The quantitative estimate of drug-likeness (QED) is 0.894. The fourth-order valence-electron chi connectivity index (χ4n) is 2.43. The molecule has 5 heteroatoms. The summed E-state index contributed by atoms with van der Waals surface area (Å²) in [4.78, 5) is 0. The molecule has 1 unspecified atom stereocenters. The fourth-order valence-corrected chi connectivity index (χ4v) is 3.45. The molecular weight excluding hydrogens is 258 g/mol. The van der Waals surface area contributed by atoms with Gasteiger partial charge < -0.3 is 10.5 Å². The molecule has 0 bridgehead atoms. The molecule has 3 rings (SSSR count). The molecule has 0 saturated carbocycles. The zero-order chi connectivity index (χ0) is 13.1. The molecule has 1 atom stereocenters. The number of hydrogen-bond acceptors (Lipinski definition) is 5. The number of thiophene rings is 1. The van der Waals surface area contributed by atoms with E-state index in [4.69, 9.17) is 10.5 Å².